The van der Waals surface area contributed by atoms with Crippen LogP contribution < -0.4 is 15.4 Å². The highest BCUT2D eigenvalue weighted by atomic mass is 16.5. The minimum Gasteiger partial charge on any atom is -0.494 e. The van der Waals surface area contributed by atoms with Crippen molar-refractivity contribution in [2.75, 3.05) is 6.61 Å². The van der Waals surface area contributed by atoms with Gasteiger partial charge in [-0.25, -0.2) is 0 Å². The van der Waals surface area contributed by atoms with E-state index in [2.05, 4.69) is 20.6 Å². The molecule has 1 atom stereocenters. The molecule has 0 saturated heterocycles. The lowest BCUT2D eigenvalue weighted by Crippen LogP contribution is -2.37. The molecule has 1 aromatic carbocycles. The van der Waals surface area contributed by atoms with Crippen molar-refractivity contribution in [3.63, 3.8) is 0 Å². The molecule has 0 aliphatic rings. The lowest BCUT2D eigenvalue weighted by Gasteiger charge is -2.20. The monoisotopic (exact) mass is 376 g/mol. The summed E-state index contributed by atoms with van der Waals surface area (Å²) in [4.78, 5) is 21.0. The van der Waals surface area contributed by atoms with Crippen LogP contribution in [-0.4, -0.2) is 22.5 Å². The quantitative estimate of drug-likeness (QED) is 0.600. The van der Waals surface area contributed by atoms with Crippen molar-refractivity contribution >= 4 is 5.91 Å². The minimum atomic E-state index is -0.504. The van der Waals surface area contributed by atoms with Crippen LogP contribution in [0.3, 0.4) is 0 Å². The topological polar surface area (TPSA) is 76.1 Å². The van der Waals surface area contributed by atoms with Crippen LogP contribution in [0.4, 0.5) is 0 Å². The molecule has 6 nitrogen and oxygen atoms in total. The Labute approximate surface area is 165 Å². The third-order valence-corrected chi connectivity index (χ3v) is 4.24. The first-order valence-corrected chi connectivity index (χ1v) is 9.28. The van der Waals surface area contributed by atoms with Gasteiger partial charge in [0, 0.05) is 37.9 Å². The summed E-state index contributed by atoms with van der Waals surface area (Å²) in [6.45, 7) is 3.51. The van der Waals surface area contributed by atoms with E-state index in [9.17, 15) is 4.79 Å². The van der Waals surface area contributed by atoms with E-state index in [1.54, 1.807) is 24.8 Å². The standard InChI is InChI=1S/C22H24N4O2/c1-2-28-20-5-3-4-19(14-20)21(25-15-17-6-10-23-11-7-17)22(27)26-16-18-8-12-24-13-9-18/h3-14,21,25H,2,15-16H2,1H3,(H,26,27). The zero-order chi connectivity index (χ0) is 19.6. The number of nitrogens with zero attached hydrogens (tertiary/aromatic N) is 2. The summed E-state index contributed by atoms with van der Waals surface area (Å²) >= 11 is 0. The summed E-state index contributed by atoms with van der Waals surface area (Å²) in [7, 11) is 0. The van der Waals surface area contributed by atoms with Gasteiger partial charge in [-0.15, -0.1) is 0 Å². The van der Waals surface area contributed by atoms with Gasteiger partial charge in [0.15, 0.2) is 0 Å². The Hall–Kier alpha value is -3.25. The number of ether oxygens (including phenoxy) is 1. The van der Waals surface area contributed by atoms with Crippen LogP contribution in [-0.2, 0) is 17.9 Å². The van der Waals surface area contributed by atoms with Crippen LogP contribution in [0, 0.1) is 0 Å². The molecule has 2 N–H and O–H groups in total. The van der Waals surface area contributed by atoms with Gasteiger partial charge in [-0.2, -0.15) is 0 Å². The third kappa shape index (κ3) is 5.62. The molecule has 0 aliphatic carbocycles. The molecule has 144 valence electrons. The Morgan fingerprint density at radius 2 is 1.61 bits per heavy atom. The number of carbonyl (C=O) groups excluding carboxylic acids is 1. The molecule has 0 bridgehead atoms. The minimum absolute atomic E-state index is 0.0977. The second kappa shape index (κ2) is 10.2. The van der Waals surface area contributed by atoms with E-state index >= 15 is 0 Å². The van der Waals surface area contributed by atoms with Gasteiger partial charge >= 0.3 is 0 Å². The van der Waals surface area contributed by atoms with E-state index in [1.165, 1.54) is 0 Å². The third-order valence-electron chi connectivity index (χ3n) is 4.24. The molecule has 0 radical (unpaired) electrons. The largest absolute Gasteiger partial charge is 0.494 e. The van der Waals surface area contributed by atoms with Gasteiger partial charge < -0.3 is 10.1 Å². The SMILES string of the molecule is CCOc1cccc(C(NCc2ccncc2)C(=O)NCc2ccncc2)c1. The molecule has 3 aromatic rings. The van der Waals surface area contributed by atoms with E-state index in [0.717, 1.165) is 22.4 Å². The van der Waals surface area contributed by atoms with Gasteiger partial charge in [-0.3, -0.25) is 20.1 Å². The first-order chi connectivity index (χ1) is 13.8. The fourth-order valence-electron chi connectivity index (χ4n) is 2.82. The Morgan fingerprint density at radius 1 is 0.964 bits per heavy atom. The normalized spacial score (nSPS) is 11.6. The van der Waals surface area contributed by atoms with E-state index in [4.69, 9.17) is 4.74 Å². The maximum atomic E-state index is 13.0. The molecule has 28 heavy (non-hydrogen) atoms. The van der Waals surface area contributed by atoms with Crippen molar-refractivity contribution in [1.82, 2.24) is 20.6 Å². The highest BCUT2D eigenvalue weighted by molar-refractivity contribution is 5.83. The van der Waals surface area contributed by atoms with Crippen LogP contribution in [0.5, 0.6) is 5.75 Å². The molecule has 0 aliphatic heterocycles. The van der Waals surface area contributed by atoms with Crippen molar-refractivity contribution in [2.24, 2.45) is 0 Å². The van der Waals surface area contributed by atoms with E-state index in [0.29, 0.717) is 19.7 Å². The van der Waals surface area contributed by atoms with Crippen molar-refractivity contribution in [3.8, 4) is 5.75 Å². The molecule has 1 amide bonds. The lowest BCUT2D eigenvalue weighted by atomic mass is 10.0. The molecule has 0 spiro atoms. The number of rotatable bonds is 9. The van der Waals surface area contributed by atoms with Crippen molar-refractivity contribution in [2.45, 2.75) is 26.1 Å². The summed E-state index contributed by atoms with van der Waals surface area (Å²) in [5.41, 5.74) is 2.91. The van der Waals surface area contributed by atoms with Crippen LogP contribution in [0.15, 0.2) is 73.3 Å². The molecular weight excluding hydrogens is 352 g/mol. The van der Waals surface area contributed by atoms with Crippen LogP contribution in [0.2, 0.25) is 0 Å². The number of aromatic nitrogens is 2. The Bertz CT molecular complexity index is 872. The molecule has 2 aromatic heterocycles. The second-order valence-corrected chi connectivity index (χ2v) is 6.25. The van der Waals surface area contributed by atoms with Gasteiger partial charge in [-0.1, -0.05) is 12.1 Å². The smallest absolute Gasteiger partial charge is 0.242 e. The summed E-state index contributed by atoms with van der Waals surface area (Å²) < 4.78 is 5.59. The van der Waals surface area contributed by atoms with Crippen molar-refractivity contribution < 1.29 is 9.53 Å². The van der Waals surface area contributed by atoms with E-state index in [1.807, 2.05) is 55.5 Å². The number of carbonyl (C=O) groups is 1. The maximum absolute atomic E-state index is 13.0. The average molecular weight is 376 g/mol. The number of benzene rings is 1. The van der Waals surface area contributed by atoms with Gasteiger partial charge in [-0.05, 0) is 60.0 Å². The highest BCUT2D eigenvalue weighted by Crippen LogP contribution is 2.20. The second-order valence-electron chi connectivity index (χ2n) is 6.25. The Morgan fingerprint density at radius 3 is 2.25 bits per heavy atom. The number of amides is 1. The van der Waals surface area contributed by atoms with E-state index < -0.39 is 6.04 Å². The van der Waals surface area contributed by atoms with Gasteiger partial charge in [0.05, 0.1) is 6.61 Å². The number of pyridine rings is 2. The zero-order valence-electron chi connectivity index (χ0n) is 15.8. The fraction of sp³-hybridized carbons (Fsp3) is 0.227. The van der Waals surface area contributed by atoms with Crippen molar-refractivity contribution in [1.29, 1.82) is 0 Å². The molecule has 2 heterocycles. The summed E-state index contributed by atoms with van der Waals surface area (Å²) in [5.74, 6) is 0.650. The maximum Gasteiger partial charge on any atom is 0.242 e. The predicted octanol–water partition coefficient (Wildman–Crippen LogP) is 3.02. The molecule has 6 heteroatoms. The summed E-state index contributed by atoms with van der Waals surface area (Å²) in [6, 6.07) is 14.7. The first kappa shape index (κ1) is 19.5. The predicted molar refractivity (Wildman–Crippen MR) is 108 cm³/mol. The Balaban J connectivity index is 1.74. The molecular formula is C22H24N4O2. The van der Waals surface area contributed by atoms with Crippen LogP contribution in [0.1, 0.15) is 29.7 Å². The van der Waals surface area contributed by atoms with Gasteiger partial charge in [0.2, 0.25) is 5.91 Å². The van der Waals surface area contributed by atoms with Crippen LogP contribution >= 0.6 is 0 Å². The number of hydrogen-bond acceptors (Lipinski definition) is 5. The fourth-order valence-corrected chi connectivity index (χ4v) is 2.82. The molecule has 0 saturated carbocycles. The first-order valence-electron chi connectivity index (χ1n) is 9.28. The van der Waals surface area contributed by atoms with Gasteiger partial charge in [0.25, 0.3) is 0 Å². The summed E-state index contributed by atoms with van der Waals surface area (Å²) in [6.07, 6.45) is 6.91. The van der Waals surface area contributed by atoms with Crippen molar-refractivity contribution in [3.05, 3.63) is 90.0 Å². The van der Waals surface area contributed by atoms with Crippen LogP contribution in [0.25, 0.3) is 0 Å². The summed E-state index contributed by atoms with van der Waals surface area (Å²) in [5, 5.41) is 6.35. The lowest BCUT2D eigenvalue weighted by molar-refractivity contribution is -0.123. The molecule has 1 unspecified atom stereocenters. The molecule has 0 fully saturated rings. The number of hydrogen-bond donors (Lipinski definition) is 2. The average Bonchev–Trinajstić information content (AvgIpc) is 2.74. The number of nitrogens with one attached hydrogen (secondary N) is 2. The van der Waals surface area contributed by atoms with Gasteiger partial charge in [0.1, 0.15) is 11.8 Å². The highest BCUT2D eigenvalue weighted by Gasteiger charge is 2.20. The zero-order valence-corrected chi connectivity index (χ0v) is 15.8. The Kier molecular flexibility index (Phi) is 7.09. The van der Waals surface area contributed by atoms with E-state index in [-0.39, 0.29) is 5.91 Å². The molecule has 3 rings (SSSR count).